The summed E-state index contributed by atoms with van der Waals surface area (Å²) in [6.07, 6.45) is 8.07. The van der Waals surface area contributed by atoms with E-state index in [1.165, 1.54) is 24.9 Å². The fraction of sp³-hybridized carbons (Fsp3) is 0.500. The van der Waals surface area contributed by atoms with Crippen molar-refractivity contribution in [3.8, 4) is 10.6 Å². The van der Waals surface area contributed by atoms with E-state index in [0.717, 1.165) is 70.8 Å². The fourth-order valence-electron chi connectivity index (χ4n) is 4.28. The van der Waals surface area contributed by atoms with Gasteiger partial charge in [-0.2, -0.15) is 0 Å². The van der Waals surface area contributed by atoms with E-state index in [0.29, 0.717) is 0 Å². The lowest BCUT2D eigenvalue weighted by Gasteiger charge is -2.29. The number of anilines is 2. The number of aromatic nitrogens is 1. The predicted octanol–water partition coefficient (Wildman–Crippen LogP) is 5.55. The maximum atomic E-state index is 13.2. The summed E-state index contributed by atoms with van der Waals surface area (Å²) in [5.74, 6) is 0. The number of fused-ring (bicyclic) bond motifs is 2. The van der Waals surface area contributed by atoms with Crippen molar-refractivity contribution in [2.75, 3.05) is 37.0 Å². The predicted molar refractivity (Wildman–Crippen MR) is 126 cm³/mol. The minimum Gasteiger partial charge on any atom is -0.373 e. The van der Waals surface area contributed by atoms with Crippen LogP contribution in [0.25, 0.3) is 20.8 Å². The Labute approximate surface area is 177 Å². The zero-order valence-electron chi connectivity index (χ0n) is 17.8. The van der Waals surface area contributed by atoms with Crippen LogP contribution in [0.5, 0.6) is 0 Å². The molecule has 154 valence electrons. The fourth-order valence-corrected chi connectivity index (χ4v) is 5.48. The highest BCUT2D eigenvalue weighted by atomic mass is 32.1. The molecule has 0 spiro atoms. The van der Waals surface area contributed by atoms with E-state index >= 15 is 0 Å². The summed E-state index contributed by atoms with van der Waals surface area (Å²) >= 11 is 1.70. The summed E-state index contributed by atoms with van der Waals surface area (Å²) in [6.45, 7) is 4.45. The lowest BCUT2D eigenvalue weighted by molar-refractivity contribution is 0.578. The van der Waals surface area contributed by atoms with Gasteiger partial charge < -0.3 is 9.80 Å². The maximum Gasteiger partial charge on any atom is 0.206 e. The van der Waals surface area contributed by atoms with E-state index in [2.05, 4.69) is 30.0 Å². The van der Waals surface area contributed by atoms with Gasteiger partial charge in [-0.1, -0.05) is 19.8 Å². The number of hydrogen-bond donors (Lipinski definition) is 0. The standard InChI is InChI=1S/C24H31N3OS/c1-4-5-7-10-17-15-20-24(22(23(17)28)26(2)3)29-21-16-18(11-12-19(21)25-20)27-13-8-6-9-14-27/h11-12,15-16H,4-10,13-14H2,1-3H3. The molecule has 1 aliphatic carbocycles. The number of hydrogen-bond acceptors (Lipinski definition) is 5. The molecular formula is C24H31N3OS. The van der Waals surface area contributed by atoms with Crippen LogP contribution >= 0.6 is 11.3 Å². The van der Waals surface area contributed by atoms with Crippen molar-refractivity contribution < 1.29 is 0 Å². The third-order valence-corrected chi connectivity index (χ3v) is 7.03. The molecule has 2 aliphatic heterocycles. The summed E-state index contributed by atoms with van der Waals surface area (Å²) in [5, 5.41) is 0. The Balaban J connectivity index is 1.82. The number of unbranched alkanes of at least 4 members (excludes halogenated alkanes) is 2. The molecule has 5 heteroatoms. The molecular weight excluding hydrogens is 378 g/mol. The van der Waals surface area contributed by atoms with Crippen LogP contribution < -0.4 is 15.2 Å². The summed E-state index contributed by atoms with van der Waals surface area (Å²) < 4.78 is 1.15. The van der Waals surface area contributed by atoms with Gasteiger partial charge in [0.15, 0.2) is 0 Å². The summed E-state index contributed by atoms with van der Waals surface area (Å²) in [4.78, 5) is 23.6. The zero-order chi connectivity index (χ0) is 20.4. The van der Waals surface area contributed by atoms with Crippen LogP contribution in [0.4, 0.5) is 11.4 Å². The molecule has 29 heavy (non-hydrogen) atoms. The quantitative estimate of drug-likeness (QED) is 0.395. The molecule has 4 nitrogen and oxygen atoms in total. The molecule has 1 aromatic carbocycles. The van der Waals surface area contributed by atoms with Gasteiger partial charge in [0.1, 0.15) is 5.69 Å². The van der Waals surface area contributed by atoms with Gasteiger partial charge in [-0.3, -0.25) is 4.79 Å². The van der Waals surface area contributed by atoms with Crippen molar-refractivity contribution in [3.05, 3.63) is 40.1 Å². The smallest absolute Gasteiger partial charge is 0.206 e. The normalized spacial score (nSPS) is 14.7. The van der Waals surface area contributed by atoms with Gasteiger partial charge in [-0.15, -0.1) is 11.3 Å². The van der Waals surface area contributed by atoms with E-state index < -0.39 is 0 Å². The average molecular weight is 410 g/mol. The minimum atomic E-state index is 0.170. The third kappa shape index (κ3) is 4.11. The van der Waals surface area contributed by atoms with Crippen molar-refractivity contribution in [1.29, 1.82) is 0 Å². The van der Waals surface area contributed by atoms with Crippen LogP contribution in [-0.4, -0.2) is 32.2 Å². The molecule has 0 bridgehead atoms. The molecule has 0 N–H and O–H groups in total. The molecule has 0 saturated carbocycles. The monoisotopic (exact) mass is 409 g/mol. The van der Waals surface area contributed by atoms with Gasteiger partial charge in [0.2, 0.25) is 5.43 Å². The van der Waals surface area contributed by atoms with Gasteiger partial charge in [-0.05, 0) is 56.4 Å². The van der Waals surface area contributed by atoms with E-state index in [1.807, 2.05) is 25.1 Å². The molecule has 1 aromatic rings. The lowest BCUT2D eigenvalue weighted by atomic mass is 10.0. The Morgan fingerprint density at radius 1 is 1.10 bits per heavy atom. The first-order chi connectivity index (χ1) is 14.1. The molecule has 3 aliphatic rings. The van der Waals surface area contributed by atoms with Crippen molar-refractivity contribution in [1.82, 2.24) is 4.98 Å². The second kappa shape index (κ2) is 8.70. The highest BCUT2D eigenvalue weighted by molar-refractivity contribution is 7.22. The molecule has 4 rings (SSSR count). The first-order valence-corrected chi connectivity index (χ1v) is 11.7. The summed E-state index contributed by atoms with van der Waals surface area (Å²) in [6, 6.07) is 8.65. The van der Waals surface area contributed by atoms with Crippen molar-refractivity contribution in [2.45, 2.75) is 51.9 Å². The molecule has 0 amide bonds. The second-order valence-electron chi connectivity index (χ2n) is 8.33. The zero-order valence-corrected chi connectivity index (χ0v) is 18.6. The van der Waals surface area contributed by atoms with Crippen LogP contribution in [0.15, 0.2) is 29.1 Å². The largest absolute Gasteiger partial charge is 0.373 e. The SMILES string of the molecule is CCCCCc1cc2nc3ccc(N4CCCCC4)cc3sc-2c(N(C)C)c1=O. The van der Waals surface area contributed by atoms with E-state index in [4.69, 9.17) is 4.98 Å². The van der Waals surface area contributed by atoms with Gasteiger partial charge in [0.25, 0.3) is 0 Å². The van der Waals surface area contributed by atoms with Crippen LogP contribution in [-0.2, 0) is 6.42 Å². The molecule has 1 saturated heterocycles. The molecule has 0 unspecified atom stereocenters. The van der Waals surface area contributed by atoms with E-state index in [-0.39, 0.29) is 5.43 Å². The van der Waals surface area contributed by atoms with Gasteiger partial charge in [0.05, 0.1) is 20.8 Å². The lowest BCUT2D eigenvalue weighted by Crippen LogP contribution is -2.29. The Hall–Kier alpha value is -2.14. The molecule has 0 atom stereocenters. The second-order valence-corrected chi connectivity index (χ2v) is 9.38. The Bertz CT molecular complexity index is 1020. The molecule has 0 aromatic heterocycles. The molecule has 2 heterocycles. The number of piperidine rings is 1. The minimum absolute atomic E-state index is 0.170. The molecule has 0 radical (unpaired) electrons. The van der Waals surface area contributed by atoms with Gasteiger partial charge in [0, 0.05) is 38.4 Å². The average Bonchev–Trinajstić information content (AvgIpc) is 2.73. The number of rotatable bonds is 6. The molecule has 1 fully saturated rings. The summed E-state index contributed by atoms with van der Waals surface area (Å²) in [5.41, 5.74) is 5.10. The Morgan fingerprint density at radius 3 is 2.62 bits per heavy atom. The van der Waals surface area contributed by atoms with E-state index in [9.17, 15) is 4.79 Å². The van der Waals surface area contributed by atoms with Crippen LogP contribution in [0.1, 0.15) is 51.0 Å². The van der Waals surface area contributed by atoms with Crippen molar-refractivity contribution >= 4 is 32.9 Å². The summed E-state index contributed by atoms with van der Waals surface area (Å²) in [7, 11) is 3.93. The first kappa shape index (κ1) is 20.1. The number of aryl methyl sites for hydroxylation is 1. The topological polar surface area (TPSA) is 36.4 Å². The van der Waals surface area contributed by atoms with E-state index in [1.54, 1.807) is 11.3 Å². The van der Waals surface area contributed by atoms with Crippen molar-refractivity contribution in [3.63, 3.8) is 0 Å². The maximum absolute atomic E-state index is 13.2. The highest BCUT2D eigenvalue weighted by Crippen LogP contribution is 2.38. The number of nitrogens with zero attached hydrogens (tertiary/aromatic N) is 3. The van der Waals surface area contributed by atoms with Gasteiger partial charge >= 0.3 is 0 Å². The van der Waals surface area contributed by atoms with Gasteiger partial charge in [-0.25, -0.2) is 4.98 Å². The van der Waals surface area contributed by atoms with Crippen LogP contribution in [0.3, 0.4) is 0 Å². The first-order valence-electron chi connectivity index (χ1n) is 10.9. The van der Waals surface area contributed by atoms with Crippen molar-refractivity contribution in [2.24, 2.45) is 0 Å². The number of benzene rings is 2. The Kier molecular flexibility index (Phi) is 6.04. The third-order valence-electron chi connectivity index (χ3n) is 5.88. The Morgan fingerprint density at radius 2 is 1.90 bits per heavy atom. The van der Waals surface area contributed by atoms with Crippen LogP contribution in [0, 0.1) is 0 Å². The highest BCUT2D eigenvalue weighted by Gasteiger charge is 2.21. The van der Waals surface area contributed by atoms with Crippen LogP contribution in [0.2, 0.25) is 0 Å².